The van der Waals surface area contributed by atoms with Crippen LogP contribution in [0, 0.1) is 0 Å². The molecular formula is C29H48F2NO7P. The SMILES string of the molecule is CCCCCCC[C@@H](OC(=O)OCc1ccccc1)[C@H](CC(F)(F)P(=O)(OCC)OCC)NC(=O)CCCCC. The summed E-state index contributed by atoms with van der Waals surface area (Å²) in [6.45, 7) is 6.41. The molecule has 1 aromatic carbocycles. The molecule has 0 aromatic heterocycles. The van der Waals surface area contributed by atoms with E-state index in [9.17, 15) is 14.2 Å². The van der Waals surface area contributed by atoms with Crippen LogP contribution < -0.4 is 5.32 Å². The van der Waals surface area contributed by atoms with Gasteiger partial charge in [-0.2, -0.15) is 8.78 Å². The third-order valence-electron chi connectivity index (χ3n) is 6.31. The number of amides is 1. The van der Waals surface area contributed by atoms with Crippen LogP contribution in [-0.2, 0) is 34.5 Å². The van der Waals surface area contributed by atoms with Crippen molar-refractivity contribution in [3.8, 4) is 0 Å². The van der Waals surface area contributed by atoms with Crippen LogP contribution >= 0.6 is 7.60 Å². The summed E-state index contributed by atoms with van der Waals surface area (Å²) in [7, 11) is -4.87. The average Bonchev–Trinajstić information content (AvgIpc) is 2.91. The quantitative estimate of drug-likeness (QED) is 0.0821. The van der Waals surface area contributed by atoms with Gasteiger partial charge in [-0.1, -0.05) is 82.7 Å². The van der Waals surface area contributed by atoms with Crippen LogP contribution in [0.3, 0.4) is 0 Å². The number of rotatable bonds is 22. The topological polar surface area (TPSA) is 100 Å². The molecule has 0 spiro atoms. The highest BCUT2D eigenvalue weighted by molar-refractivity contribution is 7.55. The van der Waals surface area contributed by atoms with E-state index in [4.69, 9.17) is 18.5 Å². The van der Waals surface area contributed by atoms with Gasteiger partial charge in [0.25, 0.3) is 0 Å². The Morgan fingerprint density at radius 2 is 1.50 bits per heavy atom. The van der Waals surface area contributed by atoms with Crippen LogP contribution in [0.15, 0.2) is 30.3 Å². The van der Waals surface area contributed by atoms with E-state index in [1.807, 2.05) is 13.0 Å². The maximum atomic E-state index is 15.6. The van der Waals surface area contributed by atoms with E-state index in [-0.39, 0.29) is 32.7 Å². The van der Waals surface area contributed by atoms with Crippen molar-refractivity contribution in [2.24, 2.45) is 0 Å². The number of nitrogens with one attached hydrogen (secondary N) is 1. The molecule has 0 bridgehead atoms. The van der Waals surface area contributed by atoms with Gasteiger partial charge in [0.2, 0.25) is 5.91 Å². The first-order valence-electron chi connectivity index (χ1n) is 14.6. The summed E-state index contributed by atoms with van der Waals surface area (Å²) in [5.41, 5.74) is -3.21. The lowest BCUT2D eigenvalue weighted by Crippen LogP contribution is -2.48. The van der Waals surface area contributed by atoms with Crippen LogP contribution in [0.25, 0.3) is 0 Å². The first-order chi connectivity index (χ1) is 19.1. The van der Waals surface area contributed by atoms with Gasteiger partial charge in [0, 0.05) is 12.8 Å². The Morgan fingerprint density at radius 3 is 2.10 bits per heavy atom. The molecule has 1 amide bonds. The second-order valence-electron chi connectivity index (χ2n) is 9.72. The molecule has 8 nitrogen and oxygen atoms in total. The van der Waals surface area contributed by atoms with E-state index >= 15 is 8.78 Å². The zero-order valence-corrected chi connectivity index (χ0v) is 25.4. The van der Waals surface area contributed by atoms with Crippen LogP contribution in [0.1, 0.15) is 104 Å². The number of halogens is 2. The van der Waals surface area contributed by atoms with Crippen molar-refractivity contribution in [1.82, 2.24) is 5.32 Å². The van der Waals surface area contributed by atoms with Crippen molar-refractivity contribution in [3.63, 3.8) is 0 Å². The number of hydrogen-bond acceptors (Lipinski definition) is 7. The lowest BCUT2D eigenvalue weighted by atomic mass is 9.99. The van der Waals surface area contributed by atoms with Crippen molar-refractivity contribution >= 4 is 19.7 Å². The summed E-state index contributed by atoms with van der Waals surface area (Å²) in [4.78, 5) is 25.5. The standard InChI is InChI=1S/C29H48F2NO7P/c1-5-9-11-12-17-20-26(39-28(34)36-23-24-18-15-13-16-19-24)25(32-27(33)21-14-10-6-2)22-29(30,31)40(35,37-7-3)38-8-4/h13,15-16,18-19,25-26H,5-12,14,17,20-23H2,1-4H3,(H,32,33)/t25-,26+/m0/s1. The van der Waals surface area contributed by atoms with E-state index in [2.05, 4.69) is 12.2 Å². The predicted octanol–water partition coefficient (Wildman–Crippen LogP) is 8.38. The van der Waals surface area contributed by atoms with Gasteiger partial charge in [-0.15, -0.1) is 0 Å². The Hall–Kier alpha value is -2.03. The molecular weight excluding hydrogens is 543 g/mol. The molecule has 230 valence electrons. The smallest absolute Gasteiger partial charge is 0.429 e. The maximum Gasteiger partial charge on any atom is 0.508 e. The first-order valence-corrected chi connectivity index (χ1v) is 16.1. The highest BCUT2D eigenvalue weighted by atomic mass is 31.2. The number of alkyl halides is 2. The molecule has 1 aromatic rings. The molecule has 0 saturated heterocycles. The van der Waals surface area contributed by atoms with Crippen molar-refractivity contribution in [2.45, 2.75) is 123 Å². The van der Waals surface area contributed by atoms with Crippen LogP contribution in [0.2, 0.25) is 0 Å². The molecule has 11 heteroatoms. The third kappa shape index (κ3) is 13.6. The summed E-state index contributed by atoms with van der Waals surface area (Å²) in [6, 6.07) is 7.63. The summed E-state index contributed by atoms with van der Waals surface area (Å²) >= 11 is 0. The Morgan fingerprint density at radius 1 is 0.900 bits per heavy atom. The second-order valence-corrected chi connectivity index (χ2v) is 11.9. The van der Waals surface area contributed by atoms with Gasteiger partial charge in [-0.05, 0) is 38.7 Å². The van der Waals surface area contributed by atoms with Crippen LogP contribution in [0.5, 0.6) is 0 Å². The normalized spacial score (nSPS) is 13.4. The molecule has 0 fully saturated rings. The van der Waals surface area contributed by atoms with Gasteiger partial charge in [0.05, 0.1) is 19.3 Å². The molecule has 0 aliphatic carbocycles. The fourth-order valence-corrected chi connectivity index (χ4v) is 5.75. The minimum absolute atomic E-state index is 0.0586. The predicted molar refractivity (Wildman–Crippen MR) is 151 cm³/mol. The van der Waals surface area contributed by atoms with E-state index < -0.39 is 43.9 Å². The lowest BCUT2D eigenvalue weighted by molar-refractivity contribution is -0.124. The lowest BCUT2D eigenvalue weighted by Gasteiger charge is -2.33. The minimum Gasteiger partial charge on any atom is -0.429 e. The van der Waals surface area contributed by atoms with Crippen molar-refractivity contribution in [2.75, 3.05) is 13.2 Å². The van der Waals surface area contributed by atoms with Crippen LogP contribution in [0.4, 0.5) is 13.6 Å². The second kappa shape index (κ2) is 19.9. The molecule has 0 saturated carbocycles. The molecule has 0 radical (unpaired) electrons. The zero-order chi connectivity index (χ0) is 29.9. The molecule has 0 aliphatic rings. The van der Waals surface area contributed by atoms with E-state index in [0.717, 1.165) is 44.1 Å². The fourth-order valence-electron chi connectivity index (χ4n) is 4.20. The summed E-state index contributed by atoms with van der Waals surface area (Å²) in [5, 5.41) is 2.64. The first kappa shape index (κ1) is 36.0. The molecule has 2 atom stereocenters. The van der Waals surface area contributed by atoms with Gasteiger partial charge < -0.3 is 23.8 Å². The number of carbonyl (C=O) groups is 2. The third-order valence-corrected chi connectivity index (χ3v) is 8.49. The van der Waals surface area contributed by atoms with Crippen molar-refractivity contribution in [1.29, 1.82) is 0 Å². The minimum atomic E-state index is -4.87. The van der Waals surface area contributed by atoms with Gasteiger partial charge in [0.1, 0.15) is 12.7 Å². The van der Waals surface area contributed by atoms with E-state index in [1.54, 1.807) is 24.3 Å². The van der Waals surface area contributed by atoms with Crippen LogP contribution in [-0.4, -0.2) is 43.1 Å². The van der Waals surface area contributed by atoms with E-state index in [1.165, 1.54) is 13.8 Å². The molecule has 0 heterocycles. The van der Waals surface area contributed by atoms with Gasteiger partial charge in [-0.3, -0.25) is 9.36 Å². The Labute approximate surface area is 238 Å². The van der Waals surface area contributed by atoms with Gasteiger partial charge in [-0.25, -0.2) is 4.79 Å². The molecule has 0 aliphatic heterocycles. The Kier molecular flexibility index (Phi) is 18.0. The van der Waals surface area contributed by atoms with Gasteiger partial charge in [0.15, 0.2) is 0 Å². The summed E-state index contributed by atoms with van der Waals surface area (Å²) < 4.78 is 64.9. The summed E-state index contributed by atoms with van der Waals surface area (Å²) in [5.74, 6) is -0.450. The fraction of sp³-hybridized carbons (Fsp3) is 0.724. The Bertz CT molecular complexity index is 878. The molecule has 1 rings (SSSR count). The average molecular weight is 592 g/mol. The number of unbranched alkanes of at least 4 members (excludes halogenated alkanes) is 6. The molecule has 40 heavy (non-hydrogen) atoms. The number of hydrogen-bond donors (Lipinski definition) is 1. The van der Waals surface area contributed by atoms with E-state index in [0.29, 0.717) is 12.8 Å². The van der Waals surface area contributed by atoms with Crippen molar-refractivity contribution in [3.05, 3.63) is 35.9 Å². The number of ether oxygens (including phenoxy) is 2. The highest BCUT2D eigenvalue weighted by Crippen LogP contribution is 2.63. The zero-order valence-electron chi connectivity index (χ0n) is 24.5. The largest absolute Gasteiger partial charge is 0.508 e. The Balaban J connectivity index is 3.20. The monoisotopic (exact) mass is 591 g/mol. The number of carbonyl (C=O) groups excluding carboxylic acids is 2. The molecule has 1 N–H and O–H groups in total. The maximum absolute atomic E-state index is 15.6. The summed E-state index contributed by atoms with van der Waals surface area (Å²) in [6.07, 6.45) is 3.74. The van der Waals surface area contributed by atoms with Crippen molar-refractivity contribution < 1.29 is 41.5 Å². The highest BCUT2D eigenvalue weighted by Gasteiger charge is 2.55. The molecule has 0 unspecified atom stereocenters. The number of benzene rings is 1. The van der Waals surface area contributed by atoms with Gasteiger partial charge >= 0.3 is 19.4 Å².